The largest absolute Gasteiger partial charge is 0.407 e. The summed E-state index contributed by atoms with van der Waals surface area (Å²) in [5.74, 6) is 1.99. The highest BCUT2D eigenvalue weighted by molar-refractivity contribution is 6.99. The molecule has 4 saturated carbocycles. The van der Waals surface area contributed by atoms with E-state index in [-0.39, 0.29) is 21.3 Å². The van der Waals surface area contributed by atoms with Crippen LogP contribution in [0.2, 0.25) is 5.04 Å². The predicted molar refractivity (Wildman–Crippen MR) is 164 cm³/mol. The number of benzene rings is 2. The fourth-order valence-electron chi connectivity index (χ4n) is 10.3. The van der Waals surface area contributed by atoms with Crippen LogP contribution in [0.5, 0.6) is 0 Å². The van der Waals surface area contributed by atoms with Crippen molar-refractivity contribution in [3.63, 3.8) is 0 Å². The van der Waals surface area contributed by atoms with Gasteiger partial charge in [0, 0.05) is 18.4 Å². The van der Waals surface area contributed by atoms with Gasteiger partial charge in [-0.05, 0) is 82.5 Å². The highest BCUT2D eigenvalue weighted by Gasteiger charge is 2.69. The summed E-state index contributed by atoms with van der Waals surface area (Å²) in [6, 6.07) is 22.1. The van der Waals surface area contributed by atoms with E-state index in [0.717, 1.165) is 25.9 Å². The van der Waals surface area contributed by atoms with Crippen molar-refractivity contribution >= 4 is 24.5 Å². The Morgan fingerprint density at radius 1 is 0.923 bits per heavy atom. The Morgan fingerprint density at radius 2 is 1.54 bits per heavy atom. The molecule has 208 valence electrons. The van der Waals surface area contributed by atoms with E-state index in [1.54, 1.807) is 0 Å². The molecule has 2 spiro atoms. The zero-order chi connectivity index (χ0) is 27.7. The van der Waals surface area contributed by atoms with E-state index < -0.39 is 8.32 Å². The molecule has 2 nitrogen and oxygen atoms in total. The highest BCUT2D eigenvalue weighted by Crippen LogP contribution is 2.72. The minimum absolute atomic E-state index is 0.0460. The molecule has 3 heteroatoms. The van der Waals surface area contributed by atoms with Crippen LogP contribution < -0.4 is 10.4 Å². The van der Waals surface area contributed by atoms with Crippen LogP contribution in [0.15, 0.2) is 72.8 Å². The normalized spacial score (nSPS) is 33.9. The molecule has 39 heavy (non-hydrogen) atoms. The Labute approximate surface area is 237 Å². The standard InChI is InChI=1S/C36H48O2Si/c1-26-22-36-23-27(26)18-19-30(36)35(24-32(36)37)21-13-20-34(5,6)31(35)25-38-39(33(2,3)4,28-14-9-7-10-15-28)29-16-11-8-12-17-29/h7-12,14-17,27,30-31H,1,13,18-25H2,2-6H3/t27-,30+,31-,35-,36+/m1/s1. The lowest BCUT2D eigenvalue weighted by Crippen LogP contribution is -2.67. The van der Waals surface area contributed by atoms with Gasteiger partial charge in [-0.1, -0.05) is 114 Å². The molecule has 0 saturated heterocycles. The van der Waals surface area contributed by atoms with Crippen LogP contribution in [0, 0.1) is 34.0 Å². The summed E-state index contributed by atoms with van der Waals surface area (Å²) in [7, 11) is -2.65. The quantitative estimate of drug-likeness (QED) is 0.287. The lowest BCUT2D eigenvalue weighted by molar-refractivity contribution is -0.128. The maximum Gasteiger partial charge on any atom is 0.261 e. The Balaban J connectivity index is 1.44. The smallest absolute Gasteiger partial charge is 0.261 e. The zero-order valence-electron chi connectivity index (χ0n) is 24.9. The summed E-state index contributed by atoms with van der Waals surface area (Å²) in [4.78, 5) is 14.1. The van der Waals surface area contributed by atoms with Gasteiger partial charge in [-0.15, -0.1) is 0 Å². The lowest BCUT2D eigenvalue weighted by atomic mass is 9.49. The topological polar surface area (TPSA) is 26.3 Å². The molecule has 0 unspecified atom stereocenters. The molecule has 0 radical (unpaired) electrons. The lowest BCUT2D eigenvalue weighted by Gasteiger charge is -2.56. The third-order valence-electron chi connectivity index (χ3n) is 11.9. The highest BCUT2D eigenvalue weighted by atomic mass is 28.4. The predicted octanol–water partition coefficient (Wildman–Crippen LogP) is 7.71. The molecular weight excluding hydrogens is 492 g/mol. The van der Waals surface area contributed by atoms with E-state index in [4.69, 9.17) is 4.43 Å². The summed E-state index contributed by atoms with van der Waals surface area (Å²) in [6.07, 6.45) is 8.83. The summed E-state index contributed by atoms with van der Waals surface area (Å²) in [5, 5.41) is 2.64. The number of carbonyl (C=O) groups excluding carboxylic acids is 1. The summed E-state index contributed by atoms with van der Waals surface area (Å²) < 4.78 is 7.65. The third kappa shape index (κ3) is 3.93. The Kier molecular flexibility index (Phi) is 6.47. The maximum absolute atomic E-state index is 14.1. The first-order valence-electron chi connectivity index (χ1n) is 15.4. The van der Waals surface area contributed by atoms with Crippen LogP contribution in [-0.4, -0.2) is 20.7 Å². The van der Waals surface area contributed by atoms with Gasteiger partial charge < -0.3 is 4.43 Å². The fourth-order valence-corrected chi connectivity index (χ4v) is 14.8. The number of rotatable bonds is 5. The minimum Gasteiger partial charge on any atom is -0.407 e. The second-order valence-corrected chi connectivity index (χ2v) is 19.5. The van der Waals surface area contributed by atoms with Crippen molar-refractivity contribution < 1.29 is 9.22 Å². The molecule has 5 atom stereocenters. The number of allylic oxidation sites excluding steroid dienone is 1. The average Bonchev–Trinajstić information content (AvgIpc) is 3.29. The minimum atomic E-state index is -2.65. The van der Waals surface area contributed by atoms with Crippen molar-refractivity contribution in [1.29, 1.82) is 0 Å². The van der Waals surface area contributed by atoms with Crippen molar-refractivity contribution in [2.75, 3.05) is 6.61 Å². The van der Waals surface area contributed by atoms with Crippen molar-refractivity contribution in [2.45, 2.75) is 91.0 Å². The van der Waals surface area contributed by atoms with Crippen LogP contribution in [0.4, 0.5) is 0 Å². The molecule has 0 amide bonds. The van der Waals surface area contributed by atoms with Crippen LogP contribution >= 0.6 is 0 Å². The first-order chi connectivity index (χ1) is 18.5. The molecule has 4 aliphatic rings. The number of Topliss-reactive ketones (excluding diaryl/α,β-unsaturated/α-hetero) is 1. The monoisotopic (exact) mass is 540 g/mol. The second kappa shape index (κ2) is 9.28. The van der Waals surface area contributed by atoms with E-state index >= 15 is 0 Å². The molecule has 0 aromatic heterocycles. The van der Waals surface area contributed by atoms with Gasteiger partial charge >= 0.3 is 0 Å². The molecule has 2 bridgehead atoms. The van der Waals surface area contributed by atoms with E-state index in [1.807, 2.05) is 0 Å². The van der Waals surface area contributed by atoms with Gasteiger partial charge in [-0.3, -0.25) is 4.79 Å². The van der Waals surface area contributed by atoms with Crippen LogP contribution in [0.25, 0.3) is 0 Å². The first-order valence-corrected chi connectivity index (χ1v) is 17.3. The van der Waals surface area contributed by atoms with E-state index in [9.17, 15) is 4.79 Å². The Hall–Kier alpha value is -1.97. The van der Waals surface area contributed by atoms with Crippen molar-refractivity contribution in [2.24, 2.45) is 34.0 Å². The van der Waals surface area contributed by atoms with Crippen molar-refractivity contribution in [1.82, 2.24) is 0 Å². The van der Waals surface area contributed by atoms with Gasteiger partial charge in [0.15, 0.2) is 0 Å². The van der Waals surface area contributed by atoms with Gasteiger partial charge in [-0.2, -0.15) is 0 Å². The molecule has 4 aliphatic carbocycles. The van der Waals surface area contributed by atoms with Gasteiger partial charge in [0.25, 0.3) is 8.32 Å². The molecule has 0 aliphatic heterocycles. The second-order valence-electron chi connectivity index (χ2n) is 15.2. The van der Waals surface area contributed by atoms with Crippen LogP contribution in [-0.2, 0) is 9.22 Å². The van der Waals surface area contributed by atoms with E-state index in [2.05, 4.69) is 102 Å². The molecule has 4 fully saturated rings. The summed E-state index contributed by atoms with van der Waals surface area (Å²) >= 11 is 0. The number of ketones is 1. The van der Waals surface area contributed by atoms with Crippen molar-refractivity contribution in [3.05, 3.63) is 72.8 Å². The Bertz CT molecular complexity index is 1200. The van der Waals surface area contributed by atoms with Gasteiger partial charge in [0.05, 0.1) is 0 Å². The Morgan fingerprint density at radius 3 is 2.13 bits per heavy atom. The van der Waals surface area contributed by atoms with E-state index in [1.165, 1.54) is 48.1 Å². The number of hydrogen-bond acceptors (Lipinski definition) is 2. The van der Waals surface area contributed by atoms with Gasteiger partial charge in [0.1, 0.15) is 5.78 Å². The number of carbonyl (C=O) groups is 1. The summed E-state index contributed by atoms with van der Waals surface area (Å²) in [5.41, 5.74) is 1.42. The SMILES string of the molecule is C=C1C[C@]23C[C@H]1CC[C@H]2[C@@]1(CCCC(C)(C)[C@H]1CO[Si](c1ccccc1)(c1ccccc1)C(C)(C)C)CC3=O. The molecule has 6 rings (SSSR count). The molecule has 0 heterocycles. The molecular formula is C36H48O2Si. The molecule has 2 aromatic carbocycles. The maximum atomic E-state index is 14.1. The molecule has 0 N–H and O–H groups in total. The van der Waals surface area contributed by atoms with Crippen LogP contribution in [0.3, 0.4) is 0 Å². The van der Waals surface area contributed by atoms with Gasteiger partial charge in [0.2, 0.25) is 0 Å². The average molecular weight is 541 g/mol. The number of fused-ring (bicyclic) bond motifs is 2. The van der Waals surface area contributed by atoms with Crippen molar-refractivity contribution in [3.8, 4) is 0 Å². The number of hydrogen-bond donors (Lipinski definition) is 0. The van der Waals surface area contributed by atoms with Gasteiger partial charge in [-0.25, -0.2) is 0 Å². The first kappa shape index (κ1) is 27.2. The summed E-state index contributed by atoms with van der Waals surface area (Å²) in [6.45, 7) is 17.3. The zero-order valence-corrected chi connectivity index (χ0v) is 25.9. The van der Waals surface area contributed by atoms with Crippen LogP contribution in [0.1, 0.15) is 86.0 Å². The van der Waals surface area contributed by atoms with E-state index in [0.29, 0.717) is 23.5 Å². The third-order valence-corrected chi connectivity index (χ3v) is 16.9. The fraction of sp³-hybridized carbons (Fsp3) is 0.583. The molecule has 2 aromatic rings.